The molecule has 1 atom stereocenters. The molecule has 0 heterocycles. The number of hydrogen-bond donors (Lipinski definition) is 1. The molecule has 34 heavy (non-hydrogen) atoms. The normalized spacial score (nSPS) is 12.2. The van der Waals surface area contributed by atoms with E-state index in [4.69, 9.17) is 34.8 Å². The summed E-state index contributed by atoms with van der Waals surface area (Å²) in [7, 11) is -3.83. The van der Waals surface area contributed by atoms with E-state index in [9.17, 15) is 18.0 Å². The molecule has 186 valence electrons. The lowest BCUT2D eigenvalue weighted by Crippen LogP contribution is -2.51. The van der Waals surface area contributed by atoms with E-state index >= 15 is 0 Å². The Labute approximate surface area is 216 Å². The van der Waals surface area contributed by atoms with Crippen molar-refractivity contribution in [3.05, 3.63) is 62.6 Å². The fraction of sp³-hybridized carbons (Fsp3) is 0.391. The summed E-state index contributed by atoms with van der Waals surface area (Å²) < 4.78 is 26.3. The Balaban J connectivity index is 2.44. The van der Waals surface area contributed by atoms with Gasteiger partial charge >= 0.3 is 0 Å². The molecule has 2 aromatic carbocycles. The smallest absolute Gasteiger partial charge is 0.244 e. The highest BCUT2D eigenvalue weighted by Gasteiger charge is 2.30. The van der Waals surface area contributed by atoms with E-state index in [0.29, 0.717) is 38.4 Å². The lowest BCUT2D eigenvalue weighted by molar-refractivity contribution is -0.139. The second kappa shape index (κ2) is 12.1. The Morgan fingerprint density at radius 2 is 1.68 bits per heavy atom. The molecule has 0 fully saturated rings. The van der Waals surface area contributed by atoms with Crippen LogP contribution in [0.3, 0.4) is 0 Å². The number of halogens is 3. The van der Waals surface area contributed by atoms with Gasteiger partial charge in [-0.3, -0.25) is 13.9 Å². The summed E-state index contributed by atoms with van der Waals surface area (Å²) in [5.74, 6) is -0.918. The molecule has 0 saturated heterocycles. The number of rotatable bonds is 10. The van der Waals surface area contributed by atoms with Crippen LogP contribution in [0.1, 0.15) is 31.4 Å². The summed E-state index contributed by atoms with van der Waals surface area (Å²) in [5, 5.41) is 3.99. The largest absolute Gasteiger partial charge is 0.354 e. The number of nitrogens with zero attached hydrogens (tertiary/aromatic N) is 2. The fourth-order valence-corrected chi connectivity index (χ4v) is 4.91. The number of anilines is 1. The van der Waals surface area contributed by atoms with E-state index < -0.39 is 28.5 Å². The maximum absolute atomic E-state index is 13.5. The van der Waals surface area contributed by atoms with E-state index in [-0.39, 0.29) is 12.5 Å². The summed E-state index contributed by atoms with van der Waals surface area (Å²) in [6.45, 7) is 5.15. The summed E-state index contributed by atoms with van der Waals surface area (Å²) in [5.41, 5.74) is 1.49. The third kappa shape index (κ3) is 7.50. The van der Waals surface area contributed by atoms with Gasteiger partial charge in [-0.1, -0.05) is 47.8 Å². The minimum atomic E-state index is -3.83. The number of nitrogens with one attached hydrogen (secondary N) is 1. The fourth-order valence-electron chi connectivity index (χ4n) is 3.31. The van der Waals surface area contributed by atoms with E-state index in [2.05, 4.69) is 5.32 Å². The van der Waals surface area contributed by atoms with Crippen molar-refractivity contribution >= 4 is 62.3 Å². The highest BCUT2D eigenvalue weighted by molar-refractivity contribution is 7.92. The molecule has 0 spiro atoms. The van der Waals surface area contributed by atoms with Crippen LogP contribution in [0.2, 0.25) is 15.1 Å². The first-order valence-corrected chi connectivity index (χ1v) is 13.6. The second-order valence-corrected chi connectivity index (χ2v) is 11.1. The second-order valence-electron chi connectivity index (χ2n) is 7.92. The SMILES string of the molecule is CCCNC(=O)C(C)N(Cc1ccc(Cl)cc1Cl)C(=O)CN(c1ccc(Cl)cc1C)S(C)(=O)=O. The van der Waals surface area contributed by atoms with Gasteiger partial charge in [-0.2, -0.15) is 0 Å². The van der Waals surface area contributed by atoms with Gasteiger partial charge in [0.2, 0.25) is 21.8 Å². The third-order valence-electron chi connectivity index (χ3n) is 5.18. The molecule has 0 aliphatic heterocycles. The van der Waals surface area contributed by atoms with E-state index in [1.54, 1.807) is 50.2 Å². The quantitative estimate of drug-likeness (QED) is 0.468. The molecular formula is C23H28Cl3N3O4S. The van der Waals surface area contributed by atoms with Crippen LogP contribution < -0.4 is 9.62 Å². The van der Waals surface area contributed by atoms with Gasteiger partial charge in [0.15, 0.2) is 0 Å². The van der Waals surface area contributed by atoms with E-state index in [1.807, 2.05) is 6.92 Å². The van der Waals surface area contributed by atoms with Gasteiger partial charge in [0.1, 0.15) is 12.6 Å². The first-order valence-electron chi connectivity index (χ1n) is 10.6. The van der Waals surface area contributed by atoms with Crippen molar-refractivity contribution in [1.29, 1.82) is 0 Å². The van der Waals surface area contributed by atoms with Gasteiger partial charge in [0, 0.05) is 28.2 Å². The molecule has 2 rings (SSSR count). The molecule has 0 saturated carbocycles. The molecule has 2 amide bonds. The minimum Gasteiger partial charge on any atom is -0.354 e. The molecule has 0 aliphatic rings. The number of aryl methyl sites for hydroxylation is 1. The zero-order chi connectivity index (χ0) is 25.6. The predicted molar refractivity (Wildman–Crippen MR) is 138 cm³/mol. The Morgan fingerprint density at radius 1 is 1.06 bits per heavy atom. The van der Waals surface area contributed by atoms with Crippen LogP contribution in [0.15, 0.2) is 36.4 Å². The van der Waals surface area contributed by atoms with Crippen molar-refractivity contribution in [2.75, 3.05) is 23.7 Å². The van der Waals surface area contributed by atoms with Crippen molar-refractivity contribution in [3.63, 3.8) is 0 Å². The topological polar surface area (TPSA) is 86.8 Å². The Hall–Kier alpha value is -2.00. The van der Waals surface area contributed by atoms with Gasteiger partial charge in [0.25, 0.3) is 0 Å². The average molecular weight is 549 g/mol. The van der Waals surface area contributed by atoms with Crippen molar-refractivity contribution in [2.45, 2.75) is 39.8 Å². The monoisotopic (exact) mass is 547 g/mol. The highest BCUT2D eigenvalue weighted by Crippen LogP contribution is 2.27. The van der Waals surface area contributed by atoms with Crippen molar-refractivity contribution < 1.29 is 18.0 Å². The number of amides is 2. The lowest BCUT2D eigenvalue weighted by atomic mass is 10.1. The number of carbonyl (C=O) groups is 2. The van der Waals surface area contributed by atoms with Crippen molar-refractivity contribution in [3.8, 4) is 0 Å². The molecule has 0 bridgehead atoms. The summed E-state index contributed by atoms with van der Waals surface area (Å²) in [4.78, 5) is 27.5. The number of hydrogen-bond acceptors (Lipinski definition) is 4. The first-order chi connectivity index (χ1) is 15.8. The summed E-state index contributed by atoms with van der Waals surface area (Å²) >= 11 is 18.3. The Kier molecular flexibility index (Phi) is 10.1. The lowest BCUT2D eigenvalue weighted by Gasteiger charge is -2.32. The predicted octanol–water partition coefficient (Wildman–Crippen LogP) is 4.66. The van der Waals surface area contributed by atoms with E-state index in [0.717, 1.165) is 17.0 Å². The van der Waals surface area contributed by atoms with Crippen LogP contribution in [0.5, 0.6) is 0 Å². The summed E-state index contributed by atoms with van der Waals surface area (Å²) in [6.07, 6.45) is 1.75. The van der Waals surface area contributed by atoms with Gasteiger partial charge < -0.3 is 10.2 Å². The Morgan fingerprint density at radius 3 is 2.24 bits per heavy atom. The zero-order valence-electron chi connectivity index (χ0n) is 19.4. The first kappa shape index (κ1) is 28.2. The van der Waals surface area contributed by atoms with Crippen LogP contribution in [0, 0.1) is 6.92 Å². The molecule has 1 unspecified atom stereocenters. The van der Waals surface area contributed by atoms with Gasteiger partial charge in [0.05, 0.1) is 11.9 Å². The van der Waals surface area contributed by atoms with Gasteiger partial charge in [-0.05, 0) is 61.7 Å². The number of sulfonamides is 1. The number of benzene rings is 2. The highest BCUT2D eigenvalue weighted by atomic mass is 35.5. The zero-order valence-corrected chi connectivity index (χ0v) is 22.5. The molecule has 0 radical (unpaired) electrons. The summed E-state index contributed by atoms with van der Waals surface area (Å²) in [6, 6.07) is 8.68. The van der Waals surface area contributed by atoms with Crippen LogP contribution in [0.4, 0.5) is 5.69 Å². The van der Waals surface area contributed by atoms with Gasteiger partial charge in [-0.25, -0.2) is 8.42 Å². The average Bonchev–Trinajstić information content (AvgIpc) is 2.74. The van der Waals surface area contributed by atoms with Crippen LogP contribution >= 0.6 is 34.8 Å². The van der Waals surface area contributed by atoms with Crippen LogP contribution in [0.25, 0.3) is 0 Å². The Bertz CT molecular complexity index is 1160. The maximum Gasteiger partial charge on any atom is 0.244 e. The molecule has 1 N–H and O–H groups in total. The molecule has 11 heteroatoms. The molecule has 0 aliphatic carbocycles. The molecule has 7 nitrogen and oxygen atoms in total. The third-order valence-corrected chi connectivity index (χ3v) is 7.13. The molecule has 0 aromatic heterocycles. The van der Waals surface area contributed by atoms with Crippen molar-refractivity contribution in [1.82, 2.24) is 10.2 Å². The minimum absolute atomic E-state index is 0.00719. The van der Waals surface area contributed by atoms with Crippen LogP contribution in [-0.2, 0) is 26.2 Å². The molecular weight excluding hydrogens is 521 g/mol. The van der Waals surface area contributed by atoms with E-state index in [1.165, 1.54) is 4.90 Å². The van der Waals surface area contributed by atoms with Crippen molar-refractivity contribution in [2.24, 2.45) is 0 Å². The van der Waals surface area contributed by atoms with Gasteiger partial charge in [-0.15, -0.1) is 0 Å². The standard InChI is InChI=1S/C23H28Cl3N3O4S/c1-5-10-27-23(31)16(3)28(13-17-6-7-19(25)12-20(17)26)22(30)14-29(34(4,32)33)21-9-8-18(24)11-15(21)2/h6-9,11-12,16H,5,10,13-14H2,1-4H3,(H,27,31). The molecule has 2 aromatic rings. The van der Waals surface area contributed by atoms with Crippen LogP contribution in [-0.4, -0.2) is 50.5 Å². The number of carbonyl (C=O) groups excluding carboxylic acids is 2. The maximum atomic E-state index is 13.5.